The number of esters is 1. The van der Waals surface area contributed by atoms with Crippen molar-refractivity contribution in [2.45, 2.75) is 20.3 Å². The Kier molecular flexibility index (Phi) is 8.50. The highest BCUT2D eigenvalue weighted by Crippen LogP contribution is 1.83. The third-order valence-electron chi connectivity index (χ3n) is 0.621. The van der Waals surface area contributed by atoms with Crippen molar-refractivity contribution in [3.8, 4) is 0 Å². The molecule has 12 heavy (non-hydrogen) atoms. The maximum atomic E-state index is 10.2. The Bertz CT molecular complexity index is 169. The number of carboxylic acids is 1. The molecule has 0 aliphatic carbocycles. The van der Waals surface area contributed by atoms with Gasteiger partial charge in [0.2, 0.25) is 0 Å². The molecular weight excluding hydrogens is 164 g/mol. The van der Waals surface area contributed by atoms with Crippen molar-refractivity contribution in [2.24, 2.45) is 0 Å². The smallest absolute Gasteiger partial charge is 0.313 e. The molecule has 0 aliphatic heterocycles. The van der Waals surface area contributed by atoms with E-state index in [4.69, 9.17) is 9.90 Å². The first-order valence-corrected chi connectivity index (χ1v) is 3.16. The van der Waals surface area contributed by atoms with Gasteiger partial charge in [-0.15, -0.1) is 0 Å². The van der Waals surface area contributed by atoms with E-state index in [1.165, 1.54) is 14.0 Å². The summed E-state index contributed by atoms with van der Waals surface area (Å²) in [5.74, 6) is -1.48. The number of carboxylic acid groups (broad SMARTS) is 1. The van der Waals surface area contributed by atoms with E-state index < -0.39 is 11.9 Å². The Labute approximate surface area is 70.3 Å². The second kappa shape index (κ2) is 7.71. The Hall–Kier alpha value is -1.39. The summed E-state index contributed by atoms with van der Waals surface area (Å²) < 4.78 is 4.20. The number of methoxy groups -OCH3 is 1. The highest BCUT2D eigenvalue weighted by Gasteiger charge is 2.01. The van der Waals surface area contributed by atoms with Gasteiger partial charge in [0.15, 0.2) is 0 Å². The highest BCUT2D eigenvalue weighted by atomic mass is 16.5. The van der Waals surface area contributed by atoms with Gasteiger partial charge in [0.25, 0.3) is 5.97 Å². The van der Waals surface area contributed by atoms with E-state index >= 15 is 0 Å². The lowest BCUT2D eigenvalue weighted by Crippen LogP contribution is -2.05. The third kappa shape index (κ3) is 23.5. The van der Waals surface area contributed by atoms with E-state index in [2.05, 4.69) is 4.74 Å². The zero-order valence-electron chi connectivity index (χ0n) is 7.29. The van der Waals surface area contributed by atoms with Crippen LogP contribution in [0.25, 0.3) is 0 Å². The van der Waals surface area contributed by atoms with Crippen LogP contribution >= 0.6 is 0 Å². The number of rotatable bonds is 2. The summed E-state index contributed by atoms with van der Waals surface area (Å²) in [4.78, 5) is 29.3. The average molecular weight is 176 g/mol. The normalized spacial score (nSPS) is 7.58. The second-order valence-electron chi connectivity index (χ2n) is 1.97. The van der Waals surface area contributed by atoms with E-state index in [0.717, 1.165) is 6.92 Å². The molecule has 0 radical (unpaired) electrons. The van der Waals surface area contributed by atoms with Gasteiger partial charge in [-0.2, -0.15) is 0 Å². The Morgan fingerprint density at radius 2 is 1.58 bits per heavy atom. The summed E-state index contributed by atoms with van der Waals surface area (Å²) in [5.41, 5.74) is 0. The van der Waals surface area contributed by atoms with Crippen molar-refractivity contribution in [3.63, 3.8) is 0 Å². The topological polar surface area (TPSA) is 80.7 Å². The molecule has 0 bridgehead atoms. The predicted molar refractivity (Wildman–Crippen MR) is 40.6 cm³/mol. The Morgan fingerprint density at radius 3 is 1.67 bits per heavy atom. The molecule has 0 saturated heterocycles. The average Bonchev–Trinajstić information content (AvgIpc) is 1.84. The Morgan fingerprint density at radius 1 is 1.25 bits per heavy atom. The minimum absolute atomic E-state index is 0.115. The third-order valence-corrected chi connectivity index (χ3v) is 0.621. The van der Waals surface area contributed by atoms with Crippen LogP contribution in [-0.2, 0) is 19.1 Å². The molecule has 0 rings (SSSR count). The number of carbonyl (C=O) groups is 3. The second-order valence-corrected chi connectivity index (χ2v) is 1.97. The fourth-order valence-corrected chi connectivity index (χ4v) is 0.275. The molecule has 5 heteroatoms. The lowest BCUT2D eigenvalue weighted by Gasteiger charge is -1.90. The minimum Gasteiger partial charge on any atom is -0.481 e. The quantitative estimate of drug-likeness (QED) is 0.481. The first-order valence-electron chi connectivity index (χ1n) is 3.16. The summed E-state index contributed by atoms with van der Waals surface area (Å²) in [6.07, 6.45) is -0.115. The van der Waals surface area contributed by atoms with Crippen LogP contribution in [0.3, 0.4) is 0 Å². The summed E-state index contributed by atoms with van der Waals surface area (Å²) in [7, 11) is 1.26. The lowest BCUT2D eigenvalue weighted by molar-refractivity contribution is -0.143. The number of hydrogen-bond acceptors (Lipinski definition) is 4. The molecule has 0 aromatic rings. The van der Waals surface area contributed by atoms with Crippen molar-refractivity contribution in [3.05, 3.63) is 0 Å². The first-order chi connectivity index (χ1) is 5.40. The fraction of sp³-hybridized carbons (Fsp3) is 0.571. The zero-order chi connectivity index (χ0) is 10.1. The first kappa shape index (κ1) is 13.2. The molecule has 0 fully saturated rings. The molecule has 0 atom stereocenters. The van der Waals surface area contributed by atoms with Gasteiger partial charge in [0, 0.05) is 6.92 Å². The summed E-state index contributed by atoms with van der Waals surface area (Å²) in [6, 6.07) is 0. The maximum absolute atomic E-state index is 10.2. The van der Waals surface area contributed by atoms with Crippen LogP contribution in [0, 0.1) is 0 Å². The summed E-state index contributed by atoms with van der Waals surface area (Å²) in [5, 5.41) is 7.42. The van der Waals surface area contributed by atoms with Crippen molar-refractivity contribution in [2.75, 3.05) is 7.11 Å². The van der Waals surface area contributed by atoms with Gasteiger partial charge in [-0.25, -0.2) is 0 Å². The fourth-order valence-electron chi connectivity index (χ4n) is 0.275. The van der Waals surface area contributed by atoms with Gasteiger partial charge >= 0.3 is 5.97 Å². The largest absolute Gasteiger partial charge is 0.481 e. The van der Waals surface area contributed by atoms with Gasteiger partial charge in [-0.05, 0) is 6.92 Å². The number of hydrogen-bond donors (Lipinski definition) is 1. The number of ether oxygens (including phenoxy) is 1. The molecule has 70 valence electrons. The van der Waals surface area contributed by atoms with Gasteiger partial charge in [-0.1, -0.05) is 0 Å². The molecule has 0 spiro atoms. The molecule has 0 amide bonds. The highest BCUT2D eigenvalue weighted by molar-refractivity contribution is 5.93. The molecule has 0 saturated carbocycles. The number of Topliss-reactive ketones (excluding diaryl/α,β-unsaturated/α-hetero) is 1. The summed E-state index contributed by atoms with van der Waals surface area (Å²) >= 11 is 0. The van der Waals surface area contributed by atoms with Crippen molar-refractivity contribution in [1.29, 1.82) is 0 Å². The monoisotopic (exact) mass is 176 g/mol. The molecule has 0 heterocycles. The van der Waals surface area contributed by atoms with Gasteiger partial charge in [0.1, 0.15) is 12.2 Å². The minimum atomic E-state index is -0.833. The van der Waals surface area contributed by atoms with Crippen molar-refractivity contribution in [1.82, 2.24) is 0 Å². The number of aliphatic carboxylic acids is 1. The van der Waals surface area contributed by atoms with Gasteiger partial charge in [0.05, 0.1) is 7.11 Å². The molecular formula is C7H12O5. The SMILES string of the molecule is CC(=O)O.COC(=O)CC(C)=O. The molecule has 1 N–H and O–H groups in total. The molecule has 5 nitrogen and oxygen atoms in total. The summed E-state index contributed by atoms with van der Waals surface area (Å²) in [6.45, 7) is 2.43. The van der Waals surface area contributed by atoms with Crippen LogP contribution in [0.2, 0.25) is 0 Å². The van der Waals surface area contributed by atoms with Crippen LogP contribution in [0.5, 0.6) is 0 Å². The molecule has 0 aliphatic rings. The predicted octanol–water partition coefficient (Wildman–Crippen LogP) is 0.229. The number of ketones is 1. The van der Waals surface area contributed by atoms with E-state index in [1.807, 2.05) is 0 Å². The van der Waals surface area contributed by atoms with E-state index in [0.29, 0.717) is 0 Å². The zero-order valence-corrected chi connectivity index (χ0v) is 7.29. The van der Waals surface area contributed by atoms with Crippen LogP contribution in [0.15, 0.2) is 0 Å². The molecule has 0 aromatic heterocycles. The standard InChI is InChI=1S/C5H8O3.C2H4O2/c1-4(6)3-5(7)8-2;1-2(3)4/h3H2,1-2H3;1H3,(H,3,4). The number of carbonyl (C=O) groups excluding carboxylic acids is 2. The van der Waals surface area contributed by atoms with Crippen LogP contribution in [-0.4, -0.2) is 29.9 Å². The lowest BCUT2D eigenvalue weighted by atomic mass is 10.3. The van der Waals surface area contributed by atoms with E-state index in [9.17, 15) is 9.59 Å². The van der Waals surface area contributed by atoms with Crippen LogP contribution in [0.1, 0.15) is 20.3 Å². The van der Waals surface area contributed by atoms with Gasteiger partial charge < -0.3 is 9.84 Å². The van der Waals surface area contributed by atoms with Crippen molar-refractivity contribution < 1.29 is 24.2 Å². The Balaban J connectivity index is 0. The maximum Gasteiger partial charge on any atom is 0.313 e. The van der Waals surface area contributed by atoms with E-state index in [1.54, 1.807) is 0 Å². The van der Waals surface area contributed by atoms with Crippen LogP contribution < -0.4 is 0 Å². The van der Waals surface area contributed by atoms with Gasteiger partial charge in [-0.3, -0.25) is 14.4 Å². The van der Waals surface area contributed by atoms with Crippen LogP contribution in [0.4, 0.5) is 0 Å². The van der Waals surface area contributed by atoms with Crippen molar-refractivity contribution >= 4 is 17.7 Å². The molecule has 0 aromatic carbocycles. The molecule has 0 unspecified atom stereocenters. The van der Waals surface area contributed by atoms with E-state index in [-0.39, 0.29) is 12.2 Å².